The van der Waals surface area contributed by atoms with Gasteiger partial charge in [0.05, 0.1) is 13.2 Å². The molecule has 0 amide bonds. The third kappa shape index (κ3) is 4.43. The number of thioether (sulfide) groups is 1. The number of aliphatic hydroxyl groups is 1. The molecule has 1 N–H and O–H groups in total. The van der Waals surface area contributed by atoms with Crippen LogP contribution in [0.15, 0.2) is 60.7 Å². The van der Waals surface area contributed by atoms with Crippen molar-refractivity contribution < 1.29 is 24.1 Å². The highest BCUT2D eigenvalue weighted by Crippen LogP contribution is 2.38. The van der Waals surface area contributed by atoms with E-state index in [4.69, 9.17) is 18.9 Å². The highest BCUT2D eigenvalue weighted by Gasteiger charge is 2.50. The van der Waals surface area contributed by atoms with Gasteiger partial charge in [-0.3, -0.25) is 0 Å². The van der Waals surface area contributed by atoms with Crippen molar-refractivity contribution >= 4 is 11.8 Å². The van der Waals surface area contributed by atoms with E-state index in [1.54, 1.807) is 11.8 Å². The van der Waals surface area contributed by atoms with Gasteiger partial charge in [0.25, 0.3) is 0 Å². The lowest BCUT2D eigenvalue weighted by Crippen LogP contribution is -2.61. The lowest BCUT2D eigenvalue weighted by atomic mass is 9.98. The number of fused-ring (bicyclic) bond motifs is 1. The molecule has 0 aliphatic carbocycles. The summed E-state index contributed by atoms with van der Waals surface area (Å²) in [7, 11) is 0. The van der Waals surface area contributed by atoms with Crippen molar-refractivity contribution in [2.75, 3.05) is 12.4 Å². The lowest BCUT2D eigenvalue weighted by molar-refractivity contribution is -0.325. The molecule has 2 aliphatic heterocycles. The third-order valence-corrected chi connectivity index (χ3v) is 6.05. The molecule has 0 spiro atoms. The highest BCUT2D eigenvalue weighted by molar-refractivity contribution is 7.99. The van der Waals surface area contributed by atoms with Gasteiger partial charge >= 0.3 is 0 Å². The molecule has 0 saturated carbocycles. The van der Waals surface area contributed by atoms with Gasteiger partial charge in [0.1, 0.15) is 29.9 Å². The normalized spacial score (nSPS) is 32.6. The summed E-state index contributed by atoms with van der Waals surface area (Å²) in [5, 5.41) is 10.9. The average molecular weight is 403 g/mol. The van der Waals surface area contributed by atoms with Gasteiger partial charge in [-0.15, -0.1) is 11.8 Å². The molecule has 2 heterocycles. The second-order valence-corrected chi connectivity index (χ2v) is 8.30. The predicted molar refractivity (Wildman–Crippen MR) is 108 cm³/mol. The molecule has 0 radical (unpaired) electrons. The molecule has 5 nitrogen and oxygen atoms in total. The van der Waals surface area contributed by atoms with Crippen LogP contribution in [-0.2, 0) is 25.6 Å². The van der Waals surface area contributed by atoms with Crippen molar-refractivity contribution in [3.63, 3.8) is 0 Å². The largest absolute Gasteiger partial charge is 0.387 e. The Morgan fingerprint density at radius 2 is 1.75 bits per heavy atom. The van der Waals surface area contributed by atoms with Gasteiger partial charge in [0, 0.05) is 5.56 Å². The van der Waals surface area contributed by atoms with Gasteiger partial charge in [0.2, 0.25) is 0 Å². The molecule has 2 aromatic rings. The van der Waals surface area contributed by atoms with Crippen LogP contribution in [-0.4, -0.2) is 47.3 Å². The van der Waals surface area contributed by atoms with Crippen LogP contribution in [0.1, 0.15) is 24.3 Å². The number of benzene rings is 2. The molecule has 28 heavy (non-hydrogen) atoms. The molecule has 6 heteroatoms. The summed E-state index contributed by atoms with van der Waals surface area (Å²) in [6.45, 7) is 2.87. The molecule has 4 rings (SSSR count). The van der Waals surface area contributed by atoms with E-state index in [-0.39, 0.29) is 11.5 Å². The summed E-state index contributed by atoms with van der Waals surface area (Å²) in [4.78, 5) is 0. The van der Waals surface area contributed by atoms with Gasteiger partial charge in [0.15, 0.2) is 6.29 Å². The van der Waals surface area contributed by atoms with E-state index < -0.39 is 24.6 Å². The van der Waals surface area contributed by atoms with Crippen LogP contribution in [0, 0.1) is 0 Å². The molecule has 2 saturated heterocycles. The summed E-state index contributed by atoms with van der Waals surface area (Å²) >= 11 is 1.58. The maximum Gasteiger partial charge on any atom is 0.184 e. The number of hydrogen-bond acceptors (Lipinski definition) is 6. The van der Waals surface area contributed by atoms with Crippen molar-refractivity contribution in [3.8, 4) is 0 Å². The molecule has 2 aliphatic rings. The van der Waals surface area contributed by atoms with Gasteiger partial charge < -0.3 is 24.1 Å². The zero-order valence-electron chi connectivity index (χ0n) is 15.8. The molecule has 0 aromatic heterocycles. The fraction of sp³-hybridized carbons (Fsp3) is 0.455. The van der Waals surface area contributed by atoms with Crippen molar-refractivity contribution in [1.82, 2.24) is 0 Å². The zero-order chi connectivity index (χ0) is 19.3. The summed E-state index contributed by atoms with van der Waals surface area (Å²) in [6.07, 6.45) is -2.42. The molecule has 2 aromatic carbocycles. The van der Waals surface area contributed by atoms with E-state index in [9.17, 15) is 5.11 Å². The minimum atomic E-state index is -0.774. The molecule has 0 bridgehead atoms. The molecule has 150 valence electrons. The Hall–Kier alpha value is -1.41. The van der Waals surface area contributed by atoms with Crippen molar-refractivity contribution in [3.05, 3.63) is 71.8 Å². The van der Waals surface area contributed by atoms with Crippen LogP contribution in [0.25, 0.3) is 0 Å². The van der Waals surface area contributed by atoms with E-state index >= 15 is 0 Å². The SMILES string of the molecule is CCS[C@@H]1OC2COC(c3ccccc3)O[C@H]2C(OCc2ccccc2)C1O. The Morgan fingerprint density at radius 3 is 2.46 bits per heavy atom. The number of hydrogen-bond donors (Lipinski definition) is 1. The highest BCUT2D eigenvalue weighted by atomic mass is 32.2. The Balaban J connectivity index is 1.52. The summed E-state index contributed by atoms with van der Waals surface area (Å²) < 4.78 is 24.4. The van der Waals surface area contributed by atoms with E-state index in [0.29, 0.717) is 13.2 Å². The average Bonchev–Trinajstić information content (AvgIpc) is 2.75. The molecule has 2 fully saturated rings. The topological polar surface area (TPSA) is 57.2 Å². The summed E-state index contributed by atoms with van der Waals surface area (Å²) in [5.74, 6) is 0.846. The number of rotatable bonds is 6. The van der Waals surface area contributed by atoms with Crippen LogP contribution >= 0.6 is 11.8 Å². The van der Waals surface area contributed by atoms with Gasteiger partial charge in [-0.05, 0) is 11.3 Å². The zero-order valence-corrected chi connectivity index (χ0v) is 16.7. The van der Waals surface area contributed by atoms with Crippen LogP contribution in [0.3, 0.4) is 0 Å². The van der Waals surface area contributed by atoms with Crippen LogP contribution < -0.4 is 0 Å². The second-order valence-electron chi connectivity index (χ2n) is 6.93. The number of aliphatic hydroxyl groups excluding tert-OH is 1. The first-order chi connectivity index (χ1) is 13.8. The maximum atomic E-state index is 10.9. The Kier molecular flexibility index (Phi) is 6.67. The molecular formula is C22H26O5S. The first kappa shape index (κ1) is 19.9. The molecule has 6 atom stereocenters. The Bertz CT molecular complexity index is 728. The van der Waals surface area contributed by atoms with Gasteiger partial charge in [-0.2, -0.15) is 0 Å². The first-order valence-electron chi connectivity index (χ1n) is 9.69. The standard InChI is InChI=1S/C22H26O5S/c1-2-28-22-18(23)20(24-13-15-9-5-3-6-10-15)19-17(26-22)14-25-21(27-19)16-11-7-4-8-12-16/h3-12,17-23H,2,13-14H2,1H3/t17?,18?,19-,20?,21?,22+/m1/s1. The molecular weight excluding hydrogens is 376 g/mol. The maximum absolute atomic E-state index is 10.9. The van der Waals surface area contributed by atoms with Crippen LogP contribution in [0.4, 0.5) is 0 Å². The summed E-state index contributed by atoms with van der Waals surface area (Å²) in [6, 6.07) is 19.8. The smallest absolute Gasteiger partial charge is 0.184 e. The minimum absolute atomic E-state index is 0.270. The van der Waals surface area contributed by atoms with E-state index in [1.165, 1.54) is 0 Å². The van der Waals surface area contributed by atoms with Crippen molar-refractivity contribution in [2.45, 2.75) is 49.7 Å². The Labute approximate surface area is 169 Å². The summed E-state index contributed by atoms with van der Waals surface area (Å²) in [5.41, 5.74) is 1.65. The predicted octanol–water partition coefficient (Wildman–Crippen LogP) is 3.52. The first-order valence-corrected chi connectivity index (χ1v) is 10.7. The van der Waals surface area contributed by atoms with E-state index in [2.05, 4.69) is 0 Å². The van der Waals surface area contributed by atoms with Crippen LogP contribution in [0.2, 0.25) is 0 Å². The van der Waals surface area contributed by atoms with Gasteiger partial charge in [-0.1, -0.05) is 67.6 Å². The van der Waals surface area contributed by atoms with Crippen LogP contribution in [0.5, 0.6) is 0 Å². The van der Waals surface area contributed by atoms with Gasteiger partial charge in [-0.25, -0.2) is 0 Å². The quantitative estimate of drug-likeness (QED) is 0.798. The fourth-order valence-corrected chi connectivity index (χ4v) is 4.50. The van der Waals surface area contributed by atoms with E-state index in [0.717, 1.165) is 16.9 Å². The third-order valence-electron chi connectivity index (χ3n) is 5.00. The minimum Gasteiger partial charge on any atom is -0.387 e. The van der Waals surface area contributed by atoms with Crippen molar-refractivity contribution in [1.29, 1.82) is 0 Å². The molecule has 4 unspecified atom stereocenters. The van der Waals surface area contributed by atoms with E-state index in [1.807, 2.05) is 67.6 Å². The number of ether oxygens (including phenoxy) is 4. The lowest BCUT2D eigenvalue weighted by Gasteiger charge is -2.47. The second kappa shape index (κ2) is 9.39. The van der Waals surface area contributed by atoms with Crippen molar-refractivity contribution in [2.24, 2.45) is 0 Å². The fourth-order valence-electron chi connectivity index (χ4n) is 3.60. The monoisotopic (exact) mass is 402 g/mol. The Morgan fingerprint density at radius 1 is 1.04 bits per heavy atom.